The van der Waals surface area contributed by atoms with Gasteiger partial charge in [-0.25, -0.2) is 0 Å². The van der Waals surface area contributed by atoms with E-state index >= 15 is 0 Å². The van der Waals surface area contributed by atoms with Crippen molar-refractivity contribution in [1.82, 2.24) is 4.57 Å². The largest absolute Gasteiger partial charge is 0.334 e. The third kappa shape index (κ3) is 3.42. The Kier molecular flexibility index (Phi) is 5.95. The number of aromatic nitrogens is 1. The maximum absolute atomic E-state index is 3.69. The van der Waals surface area contributed by atoms with Crippen LogP contribution < -0.4 is 0 Å². The van der Waals surface area contributed by atoms with E-state index < -0.39 is 0 Å². The molecule has 134 valence electrons. The quantitative estimate of drug-likeness (QED) is 0.309. The fraction of sp³-hybridized carbons (Fsp3) is 0.455. The van der Waals surface area contributed by atoms with Crippen molar-refractivity contribution in [2.24, 2.45) is 0 Å². The van der Waals surface area contributed by atoms with E-state index in [4.69, 9.17) is 0 Å². The van der Waals surface area contributed by atoms with Crippen LogP contribution in [-0.4, -0.2) is 4.57 Å². The first-order valence-corrected chi connectivity index (χ1v) is 11.0. The topological polar surface area (TPSA) is 4.93 Å². The summed E-state index contributed by atoms with van der Waals surface area (Å²) in [6.45, 7) is 6.99. The number of halogens is 2. The molecule has 0 aliphatic carbocycles. The van der Waals surface area contributed by atoms with Crippen LogP contribution in [0.3, 0.4) is 0 Å². The summed E-state index contributed by atoms with van der Waals surface area (Å²) in [5, 5.41) is 2.71. The SMILES string of the molecule is CCCCCC(CC)(CC)n1c2cc(Br)ccc2c2ccc(Br)cc21. The molecule has 0 fully saturated rings. The van der Waals surface area contributed by atoms with E-state index in [9.17, 15) is 0 Å². The highest BCUT2D eigenvalue weighted by atomic mass is 79.9. The highest BCUT2D eigenvalue weighted by Crippen LogP contribution is 2.41. The molecule has 2 aromatic carbocycles. The molecule has 0 aliphatic heterocycles. The molecule has 0 aliphatic rings. The molecule has 25 heavy (non-hydrogen) atoms. The van der Waals surface area contributed by atoms with Crippen LogP contribution in [-0.2, 0) is 5.54 Å². The van der Waals surface area contributed by atoms with Gasteiger partial charge in [-0.05, 0) is 43.5 Å². The molecule has 0 N–H and O–H groups in total. The van der Waals surface area contributed by atoms with Gasteiger partial charge in [-0.3, -0.25) is 0 Å². The highest BCUT2D eigenvalue weighted by Gasteiger charge is 2.31. The smallest absolute Gasteiger partial charge is 0.0507 e. The monoisotopic (exact) mass is 463 g/mol. The van der Waals surface area contributed by atoms with Gasteiger partial charge in [-0.2, -0.15) is 0 Å². The van der Waals surface area contributed by atoms with E-state index in [2.05, 4.69) is 93.6 Å². The fourth-order valence-corrected chi connectivity index (χ4v) is 4.91. The van der Waals surface area contributed by atoms with E-state index in [0.29, 0.717) is 0 Å². The van der Waals surface area contributed by atoms with Crippen LogP contribution in [0.5, 0.6) is 0 Å². The van der Waals surface area contributed by atoms with E-state index in [1.54, 1.807) is 0 Å². The van der Waals surface area contributed by atoms with Gasteiger partial charge in [-0.1, -0.05) is 84.0 Å². The molecule has 1 heterocycles. The summed E-state index contributed by atoms with van der Waals surface area (Å²) in [7, 11) is 0. The van der Waals surface area contributed by atoms with Crippen molar-refractivity contribution in [3.8, 4) is 0 Å². The van der Waals surface area contributed by atoms with Gasteiger partial charge in [0.15, 0.2) is 0 Å². The summed E-state index contributed by atoms with van der Waals surface area (Å²) in [6.07, 6.45) is 7.43. The number of unbranched alkanes of at least 4 members (excludes halogenated alkanes) is 2. The molecule has 0 saturated heterocycles. The number of benzene rings is 2. The maximum Gasteiger partial charge on any atom is 0.0507 e. The Morgan fingerprint density at radius 3 is 1.76 bits per heavy atom. The van der Waals surface area contributed by atoms with Crippen LogP contribution in [0.4, 0.5) is 0 Å². The van der Waals surface area contributed by atoms with Crippen molar-refractivity contribution in [2.75, 3.05) is 0 Å². The van der Waals surface area contributed by atoms with E-state index in [1.165, 1.54) is 47.5 Å². The minimum absolute atomic E-state index is 0.177. The van der Waals surface area contributed by atoms with Gasteiger partial charge >= 0.3 is 0 Å². The Bertz CT molecular complexity index is 815. The van der Waals surface area contributed by atoms with Gasteiger partial charge < -0.3 is 4.57 Å². The average molecular weight is 465 g/mol. The van der Waals surface area contributed by atoms with E-state index in [1.807, 2.05) is 0 Å². The summed E-state index contributed by atoms with van der Waals surface area (Å²) >= 11 is 7.38. The normalized spacial score (nSPS) is 12.4. The predicted molar refractivity (Wildman–Crippen MR) is 118 cm³/mol. The maximum atomic E-state index is 3.69. The number of rotatable bonds is 7. The molecule has 0 atom stereocenters. The Morgan fingerprint density at radius 1 is 0.800 bits per heavy atom. The zero-order valence-electron chi connectivity index (χ0n) is 15.4. The molecule has 3 aromatic rings. The Hall–Kier alpha value is -0.800. The molecule has 0 saturated carbocycles. The second-order valence-electron chi connectivity index (χ2n) is 7.05. The van der Waals surface area contributed by atoms with Crippen molar-refractivity contribution in [3.63, 3.8) is 0 Å². The summed E-state index contributed by atoms with van der Waals surface area (Å²) in [5.41, 5.74) is 2.88. The van der Waals surface area contributed by atoms with E-state index in [0.717, 1.165) is 21.8 Å². The van der Waals surface area contributed by atoms with Crippen LogP contribution in [0.15, 0.2) is 45.3 Å². The molecule has 3 heteroatoms. The van der Waals surface area contributed by atoms with Gasteiger partial charge in [0.05, 0.1) is 11.0 Å². The summed E-state index contributed by atoms with van der Waals surface area (Å²) < 4.78 is 4.94. The van der Waals surface area contributed by atoms with Crippen LogP contribution in [0.25, 0.3) is 21.8 Å². The first kappa shape index (κ1) is 19.0. The van der Waals surface area contributed by atoms with Crippen molar-refractivity contribution in [1.29, 1.82) is 0 Å². The molecule has 1 aromatic heterocycles. The molecular weight excluding hydrogens is 438 g/mol. The molecule has 0 radical (unpaired) electrons. The van der Waals surface area contributed by atoms with Crippen LogP contribution >= 0.6 is 31.9 Å². The van der Waals surface area contributed by atoms with Gasteiger partial charge in [0.25, 0.3) is 0 Å². The molecule has 3 rings (SSSR count). The van der Waals surface area contributed by atoms with E-state index in [-0.39, 0.29) is 5.54 Å². The van der Waals surface area contributed by atoms with Crippen molar-refractivity contribution in [3.05, 3.63) is 45.3 Å². The van der Waals surface area contributed by atoms with Crippen LogP contribution in [0, 0.1) is 0 Å². The molecular formula is C22H27Br2N. The number of nitrogens with zero attached hydrogens (tertiary/aromatic N) is 1. The molecule has 0 spiro atoms. The highest BCUT2D eigenvalue weighted by molar-refractivity contribution is 9.10. The minimum atomic E-state index is 0.177. The number of fused-ring (bicyclic) bond motifs is 3. The average Bonchev–Trinajstić information content (AvgIpc) is 2.92. The zero-order valence-corrected chi connectivity index (χ0v) is 18.6. The zero-order chi connectivity index (χ0) is 18.0. The standard InChI is InChI=1S/C22H27Br2N/c1-4-7-8-13-22(5-2,6-3)25-20-14-16(23)9-11-18(20)19-12-10-17(24)15-21(19)25/h9-12,14-15H,4-8,13H2,1-3H3. The predicted octanol–water partition coefficient (Wildman–Crippen LogP) is 8.42. The third-order valence-electron chi connectivity index (χ3n) is 5.73. The molecule has 0 bridgehead atoms. The Morgan fingerprint density at radius 2 is 1.32 bits per heavy atom. The van der Waals surface area contributed by atoms with Crippen molar-refractivity contribution < 1.29 is 0 Å². The van der Waals surface area contributed by atoms with Crippen LogP contribution in [0.1, 0.15) is 59.3 Å². The van der Waals surface area contributed by atoms with Crippen molar-refractivity contribution >= 4 is 53.7 Å². The molecule has 0 unspecified atom stereocenters. The second-order valence-corrected chi connectivity index (χ2v) is 8.88. The Labute approximate surface area is 168 Å². The van der Waals surface area contributed by atoms with Gasteiger partial charge in [-0.15, -0.1) is 0 Å². The van der Waals surface area contributed by atoms with Gasteiger partial charge in [0.1, 0.15) is 0 Å². The Balaban J connectivity index is 2.33. The lowest BCUT2D eigenvalue weighted by molar-refractivity contribution is 0.247. The summed E-state index contributed by atoms with van der Waals surface area (Å²) in [4.78, 5) is 0. The summed E-state index contributed by atoms with van der Waals surface area (Å²) in [6, 6.07) is 13.4. The molecule has 1 nitrogen and oxygen atoms in total. The summed E-state index contributed by atoms with van der Waals surface area (Å²) in [5.74, 6) is 0. The fourth-order valence-electron chi connectivity index (χ4n) is 4.21. The number of hydrogen-bond donors (Lipinski definition) is 0. The lowest BCUT2D eigenvalue weighted by atomic mass is 9.86. The first-order chi connectivity index (χ1) is 12.1. The third-order valence-corrected chi connectivity index (χ3v) is 6.71. The molecule has 0 amide bonds. The van der Waals surface area contributed by atoms with Crippen molar-refractivity contribution in [2.45, 2.75) is 64.8 Å². The van der Waals surface area contributed by atoms with Crippen LogP contribution in [0.2, 0.25) is 0 Å². The van der Waals surface area contributed by atoms with Gasteiger partial charge in [0.2, 0.25) is 0 Å². The minimum Gasteiger partial charge on any atom is -0.334 e. The van der Waals surface area contributed by atoms with Gasteiger partial charge in [0, 0.05) is 25.3 Å². The lowest BCUT2D eigenvalue weighted by Crippen LogP contribution is -2.32. The lowest BCUT2D eigenvalue weighted by Gasteiger charge is -2.36. The second kappa shape index (κ2) is 7.84. The number of hydrogen-bond acceptors (Lipinski definition) is 0. The first-order valence-electron chi connectivity index (χ1n) is 9.46.